The second-order valence-corrected chi connectivity index (χ2v) is 18.6. The van der Waals surface area contributed by atoms with Crippen LogP contribution in [-0.2, 0) is 0 Å². The molecule has 64 heavy (non-hydrogen) atoms. The van der Waals surface area contributed by atoms with Crippen LogP contribution in [0.15, 0.2) is 114 Å². The normalized spacial score (nSPS) is 11.3. The molecule has 0 fully saturated rings. The molecule has 12 heteroatoms. The molecule has 0 aliphatic rings. The maximum Gasteiger partial charge on any atom is 0.453 e. The molecule has 326 valence electrons. The lowest BCUT2D eigenvalue weighted by molar-refractivity contribution is 0.491. The van der Waals surface area contributed by atoms with Gasteiger partial charge < -0.3 is 36.8 Å². The van der Waals surface area contributed by atoms with Gasteiger partial charge in [-0.3, -0.25) is 9.97 Å². The number of pyridine rings is 2. The maximum absolute atomic E-state index is 7.15. The molecule has 6 aromatic carbocycles. The van der Waals surface area contributed by atoms with E-state index in [1.165, 1.54) is 0 Å². The van der Waals surface area contributed by atoms with Gasteiger partial charge in [-0.15, -0.1) is 0 Å². The first-order chi connectivity index (χ1) is 29.8. The van der Waals surface area contributed by atoms with Crippen molar-refractivity contribution in [2.45, 2.75) is 69.2 Å². The number of rotatable bonds is 5. The van der Waals surface area contributed by atoms with Crippen molar-refractivity contribution < 1.29 is 36.8 Å². The third-order valence-electron chi connectivity index (χ3n) is 12.1. The predicted molar refractivity (Wildman–Crippen MR) is 262 cm³/mol. The molecule has 10 aromatic rings. The molecule has 10 rings (SSSR count). The Labute approximate surface area is 372 Å². The first-order valence-electron chi connectivity index (χ1n) is 20.7. The molecular weight excluding hydrogens is 843 g/mol. The van der Waals surface area contributed by atoms with Crippen LogP contribution in [-0.4, -0.2) is 20.9 Å². The van der Waals surface area contributed by atoms with E-state index in [0.717, 1.165) is 121 Å². The summed E-state index contributed by atoms with van der Waals surface area (Å²) in [6, 6.07) is 28.9. The third-order valence-corrected chi connectivity index (χ3v) is 14.1. The molecule has 0 saturated heterocycles. The van der Waals surface area contributed by atoms with Gasteiger partial charge in [0.1, 0.15) is 33.8 Å². The van der Waals surface area contributed by atoms with Crippen molar-refractivity contribution >= 4 is 82.2 Å². The first kappa shape index (κ1) is 44.1. The van der Waals surface area contributed by atoms with Gasteiger partial charge in [0.05, 0.1) is 11.0 Å². The summed E-state index contributed by atoms with van der Waals surface area (Å²) in [5.74, 6) is 1.32. The van der Waals surface area contributed by atoms with Crippen LogP contribution < -0.4 is 9.05 Å². The number of nitrogens with zero attached hydrogens (tertiary/aromatic N) is 2. The van der Waals surface area contributed by atoms with Crippen LogP contribution in [0.3, 0.4) is 0 Å². The molecular formula is C52H50N2O8P2. The number of aryl methyl sites for hydroxylation is 8. The number of aromatic nitrogens is 2. The predicted octanol–water partition coefficient (Wildman–Crippen LogP) is 14.8. The zero-order valence-corrected chi connectivity index (χ0v) is 39.3. The summed E-state index contributed by atoms with van der Waals surface area (Å²) < 4.78 is 41.7. The fourth-order valence-corrected chi connectivity index (χ4v) is 11.4. The van der Waals surface area contributed by atoms with Crippen LogP contribution in [0.25, 0.3) is 76.8 Å². The van der Waals surface area contributed by atoms with Gasteiger partial charge in [-0.05, 0) is 173 Å². The zero-order chi connectivity index (χ0) is 43.1. The van der Waals surface area contributed by atoms with Gasteiger partial charge >= 0.3 is 16.5 Å². The van der Waals surface area contributed by atoms with Crippen LogP contribution >= 0.6 is 16.5 Å². The van der Waals surface area contributed by atoms with E-state index in [4.69, 9.17) is 25.8 Å². The summed E-state index contributed by atoms with van der Waals surface area (Å²) in [5, 5.41) is 5.67. The van der Waals surface area contributed by atoms with E-state index in [1.54, 1.807) is 12.4 Å². The average molecular weight is 893 g/mol. The highest BCUT2D eigenvalue weighted by molar-refractivity contribution is 7.32. The number of hydrogen-bond acceptors (Lipinski definition) is 8. The Morgan fingerprint density at radius 1 is 0.422 bits per heavy atom. The minimum absolute atomic E-state index is 0. The van der Waals surface area contributed by atoms with Crippen LogP contribution in [0.4, 0.5) is 0 Å². The van der Waals surface area contributed by atoms with Crippen molar-refractivity contribution in [2.75, 3.05) is 0 Å². The van der Waals surface area contributed by atoms with E-state index in [0.29, 0.717) is 22.7 Å². The lowest BCUT2D eigenvalue weighted by Crippen LogP contribution is -2.01. The molecule has 4 N–H and O–H groups in total. The molecule has 0 unspecified atom stereocenters. The average Bonchev–Trinajstić information content (AvgIpc) is 3.51. The molecule has 0 aliphatic carbocycles. The summed E-state index contributed by atoms with van der Waals surface area (Å²) in [4.78, 5) is 9.37. The molecule has 0 saturated carbocycles. The Morgan fingerprint density at radius 3 is 1.25 bits per heavy atom. The van der Waals surface area contributed by atoms with Crippen molar-refractivity contribution in [3.05, 3.63) is 153 Å². The van der Waals surface area contributed by atoms with E-state index in [-0.39, 0.29) is 11.0 Å². The Hall–Kier alpha value is -6.54. The minimum atomic E-state index is -2.06. The van der Waals surface area contributed by atoms with Gasteiger partial charge in [-0.25, -0.2) is 0 Å². The topological polar surface area (TPSA) is 160 Å². The summed E-state index contributed by atoms with van der Waals surface area (Å²) in [5.41, 5.74) is 16.9. The fourth-order valence-electron chi connectivity index (χ4n) is 9.02. The Bertz CT molecular complexity index is 3450. The smallest absolute Gasteiger partial charge is 0.412 e. The van der Waals surface area contributed by atoms with Crippen molar-refractivity contribution in [1.29, 1.82) is 0 Å². The molecule has 4 heterocycles. The number of benzene rings is 6. The standard InChI is InChI=1S/C52H46N2O6P2.2H2O/c1-27-21-31(5)49-39(23-27)40-24-28(2)22-32(6)50(40)58-62(57-49)60-52-34(8)26-30(4)36(10)46(52)45-35(9)29(3)25-33(7)51(45)59-61-55-43-17-15-41-37(13-11-19-53-41)47(43)48-38-14-12-20-54-42(38)16-18-44(48)56-61;;/h11-26H,1-10H3;2*1H2. The van der Waals surface area contributed by atoms with Gasteiger partial charge in [-0.2, -0.15) is 0 Å². The van der Waals surface area contributed by atoms with Gasteiger partial charge in [0, 0.05) is 55.8 Å². The van der Waals surface area contributed by atoms with E-state index in [2.05, 4.69) is 128 Å². The van der Waals surface area contributed by atoms with Crippen LogP contribution in [0, 0.1) is 69.2 Å². The van der Waals surface area contributed by atoms with Crippen LogP contribution in [0.1, 0.15) is 55.6 Å². The molecule has 0 bridgehead atoms. The van der Waals surface area contributed by atoms with Gasteiger partial charge in [-0.1, -0.05) is 36.4 Å². The third kappa shape index (κ3) is 7.36. The van der Waals surface area contributed by atoms with Crippen LogP contribution in [0.5, 0.6) is 11.5 Å². The molecule has 0 atom stereocenters. The second-order valence-electron chi connectivity index (χ2n) is 16.6. The largest absolute Gasteiger partial charge is 0.453 e. The van der Waals surface area contributed by atoms with Crippen molar-refractivity contribution in [3.63, 3.8) is 0 Å². The van der Waals surface area contributed by atoms with Crippen molar-refractivity contribution in [1.82, 2.24) is 9.97 Å². The Morgan fingerprint density at radius 2 is 0.828 bits per heavy atom. The fraction of sp³-hybridized carbons (Fsp3) is 0.192. The van der Waals surface area contributed by atoms with Crippen molar-refractivity contribution in [2.24, 2.45) is 0 Å². The summed E-state index contributed by atoms with van der Waals surface area (Å²) in [7, 11) is -4.04. The number of hydrogen-bond donors (Lipinski definition) is 0. The highest BCUT2D eigenvalue weighted by Gasteiger charge is 2.27. The lowest BCUT2D eigenvalue weighted by Gasteiger charge is -2.22. The summed E-state index contributed by atoms with van der Waals surface area (Å²) in [6.07, 6.45) is 3.61. The second kappa shape index (κ2) is 16.9. The van der Waals surface area contributed by atoms with Crippen molar-refractivity contribution in [3.8, 4) is 22.6 Å². The molecule has 0 spiro atoms. The first-order valence-corrected chi connectivity index (χ1v) is 22.9. The molecule has 4 aromatic heterocycles. The molecule has 10 nitrogen and oxygen atoms in total. The monoisotopic (exact) mass is 892 g/mol. The summed E-state index contributed by atoms with van der Waals surface area (Å²) in [6.45, 7) is 21.1. The maximum atomic E-state index is 7.15. The van der Waals surface area contributed by atoms with Gasteiger partial charge in [0.15, 0.2) is 0 Å². The number of fused-ring (bicyclic) bond motifs is 10. The van der Waals surface area contributed by atoms with Gasteiger partial charge in [0.25, 0.3) is 0 Å². The Balaban J connectivity index is 0.00000280. The van der Waals surface area contributed by atoms with Crippen LogP contribution in [0.2, 0.25) is 0 Å². The highest BCUT2D eigenvalue weighted by Crippen LogP contribution is 2.52. The van der Waals surface area contributed by atoms with E-state index in [9.17, 15) is 0 Å². The van der Waals surface area contributed by atoms with Gasteiger partial charge in [0.2, 0.25) is 0 Å². The van der Waals surface area contributed by atoms with E-state index >= 15 is 0 Å². The SMILES string of the molecule is Cc1cc(C)c2op(Oc3c(C)cc(C)c(C)c3-c3c(C)c(C)cc(C)c3Op3oc4ccc5ncccc5c4c4c(ccc5ncccc54)o3)oc3c(C)cc(C)cc3c2c1.O.O. The quantitative estimate of drug-likeness (QED) is 0.165. The highest BCUT2D eigenvalue weighted by atomic mass is 31.1. The summed E-state index contributed by atoms with van der Waals surface area (Å²) >= 11 is 0. The molecule has 0 radical (unpaired) electrons. The zero-order valence-electron chi connectivity index (χ0n) is 37.5. The minimum Gasteiger partial charge on any atom is -0.412 e. The van der Waals surface area contributed by atoms with E-state index in [1.807, 2.05) is 36.4 Å². The van der Waals surface area contributed by atoms with E-state index < -0.39 is 16.5 Å². The Kier molecular flexibility index (Phi) is 11.6. The molecule has 0 amide bonds. The molecule has 0 aliphatic heterocycles. The lowest BCUT2D eigenvalue weighted by atomic mass is 9.87.